The summed E-state index contributed by atoms with van der Waals surface area (Å²) in [7, 11) is -1.60. The fourth-order valence-electron chi connectivity index (χ4n) is 5.38. The maximum absolute atomic E-state index is 12.7. The topological polar surface area (TPSA) is 142 Å². The van der Waals surface area contributed by atoms with E-state index in [4.69, 9.17) is 23.3 Å². The van der Waals surface area contributed by atoms with Gasteiger partial charge in [0.05, 0.1) is 18.1 Å². The number of carbonyl (C=O) groups is 1. The number of hydrogen-bond donors (Lipinski definition) is 2. The largest absolute Gasteiger partial charge is 0.438 e. The van der Waals surface area contributed by atoms with E-state index in [0.29, 0.717) is 0 Å². The van der Waals surface area contributed by atoms with Crippen molar-refractivity contribution in [1.29, 1.82) is 0 Å². The highest BCUT2D eigenvalue weighted by atomic mass is 31.2. The van der Waals surface area contributed by atoms with Crippen molar-refractivity contribution in [1.82, 2.24) is 14.2 Å². The highest BCUT2D eigenvalue weighted by Crippen LogP contribution is 2.64. The molecule has 0 aliphatic carbocycles. The summed E-state index contributed by atoms with van der Waals surface area (Å²) in [4.78, 5) is 39.0. The van der Waals surface area contributed by atoms with Gasteiger partial charge in [-0.25, -0.2) is 9.46 Å². The Labute approximate surface area is 233 Å². The fraction of sp³-hybridized carbons (Fsp3) is 0.593. The number of aliphatic hydroxyl groups is 1. The summed E-state index contributed by atoms with van der Waals surface area (Å²) in [6.07, 6.45) is -0.606. The molecule has 0 radical (unpaired) electrons. The van der Waals surface area contributed by atoms with Crippen LogP contribution < -0.4 is 11.2 Å². The molecule has 2 aromatic rings. The zero-order valence-corrected chi connectivity index (χ0v) is 23.9. The standard InChI is InChI=1S/C27H36N3O9P/c1-26(2,3)24(33)36-16-35-22-21(18(15-31)37-23(22)29-14-12-20(32)28-25(29)34)38-40-30-13-8-11-19(30)27(4,39-40)17-9-6-5-7-10-17/h5-7,9-10,12,14,18-19,21-23,31H,8,11,13,15-16H2,1-4H3,(H,28,32,34)/t18-,19+,21?,22+,23-,27-,40+/m1/s1. The van der Waals surface area contributed by atoms with Crippen LogP contribution in [0.1, 0.15) is 52.3 Å². The van der Waals surface area contributed by atoms with Gasteiger partial charge in [-0.1, -0.05) is 30.3 Å². The van der Waals surface area contributed by atoms with E-state index in [1.54, 1.807) is 20.8 Å². The summed E-state index contributed by atoms with van der Waals surface area (Å²) in [5.41, 5.74) is -1.59. The van der Waals surface area contributed by atoms with Crippen molar-refractivity contribution in [3.63, 3.8) is 0 Å². The third-order valence-electron chi connectivity index (χ3n) is 7.55. The van der Waals surface area contributed by atoms with E-state index in [1.807, 2.05) is 30.3 Å². The first kappa shape index (κ1) is 29.1. The molecule has 4 heterocycles. The van der Waals surface area contributed by atoms with Crippen LogP contribution in [0.3, 0.4) is 0 Å². The summed E-state index contributed by atoms with van der Waals surface area (Å²) < 4.78 is 34.0. The number of H-pyrrole nitrogens is 1. The Kier molecular flexibility index (Phi) is 8.32. The number of aliphatic hydroxyl groups excluding tert-OH is 1. The number of benzene rings is 1. The van der Waals surface area contributed by atoms with E-state index in [0.717, 1.165) is 24.9 Å². The molecular formula is C27H36N3O9P. The van der Waals surface area contributed by atoms with Crippen molar-refractivity contribution in [2.75, 3.05) is 19.9 Å². The lowest BCUT2D eigenvalue weighted by atomic mass is 9.87. The smallest absolute Gasteiger partial charge is 0.330 e. The highest BCUT2D eigenvalue weighted by Gasteiger charge is 2.58. The van der Waals surface area contributed by atoms with E-state index in [-0.39, 0.29) is 6.04 Å². The second-order valence-corrected chi connectivity index (χ2v) is 12.8. The highest BCUT2D eigenvalue weighted by molar-refractivity contribution is 7.45. The van der Waals surface area contributed by atoms with E-state index >= 15 is 0 Å². The second-order valence-electron chi connectivity index (χ2n) is 11.4. The van der Waals surface area contributed by atoms with Crippen LogP contribution in [0.25, 0.3) is 0 Å². The lowest BCUT2D eigenvalue weighted by Crippen LogP contribution is -2.41. The number of esters is 1. The van der Waals surface area contributed by atoms with Crippen LogP contribution in [-0.2, 0) is 33.7 Å². The first-order chi connectivity index (χ1) is 19.0. The van der Waals surface area contributed by atoms with Crippen LogP contribution in [0.5, 0.6) is 0 Å². The fourth-order valence-corrected chi connectivity index (χ4v) is 7.53. The van der Waals surface area contributed by atoms with Crippen LogP contribution in [0.15, 0.2) is 52.2 Å². The Morgan fingerprint density at radius 2 is 1.95 bits per heavy atom. The number of aromatic nitrogens is 2. The van der Waals surface area contributed by atoms with Crippen molar-refractivity contribution >= 4 is 14.5 Å². The Morgan fingerprint density at radius 3 is 2.62 bits per heavy atom. The van der Waals surface area contributed by atoms with Crippen molar-refractivity contribution in [3.05, 3.63) is 69.0 Å². The lowest BCUT2D eigenvalue weighted by molar-refractivity contribution is -0.178. The molecule has 5 rings (SSSR count). The van der Waals surface area contributed by atoms with Gasteiger partial charge in [-0.15, -0.1) is 0 Å². The van der Waals surface area contributed by atoms with Gasteiger partial charge in [0.25, 0.3) is 14.1 Å². The summed E-state index contributed by atoms with van der Waals surface area (Å²) in [6.45, 7) is 7.16. The van der Waals surface area contributed by atoms with Crippen LogP contribution in [0, 0.1) is 5.41 Å². The van der Waals surface area contributed by atoms with E-state index in [1.165, 1.54) is 16.8 Å². The Hall–Kier alpha value is -2.44. The molecule has 3 fully saturated rings. The van der Waals surface area contributed by atoms with Crippen LogP contribution in [0.4, 0.5) is 0 Å². The number of nitrogens with zero attached hydrogens (tertiary/aromatic N) is 2. The molecule has 0 amide bonds. The maximum Gasteiger partial charge on any atom is 0.330 e. The van der Waals surface area contributed by atoms with Gasteiger partial charge in [0, 0.05) is 18.8 Å². The number of rotatable bonds is 8. The Balaban J connectivity index is 1.43. The number of aromatic amines is 1. The lowest BCUT2D eigenvalue weighted by Gasteiger charge is -2.29. The van der Waals surface area contributed by atoms with Gasteiger partial charge in [0.1, 0.15) is 23.9 Å². The van der Waals surface area contributed by atoms with Gasteiger partial charge in [-0.2, -0.15) is 0 Å². The first-order valence-electron chi connectivity index (χ1n) is 13.4. The SMILES string of the molecule is CC(C)(C)C(=O)OCO[C@H]1C(O[P@@]2O[C@](C)(c3ccccc3)[C@@H]3CCCN32)[C@@H](CO)O[C@H]1n1ccc(=O)[nH]c1=O. The average Bonchev–Trinajstić information content (AvgIpc) is 3.60. The molecule has 13 heteroatoms. The summed E-state index contributed by atoms with van der Waals surface area (Å²) in [6, 6.07) is 11.3. The average molecular weight is 578 g/mol. The molecular weight excluding hydrogens is 541 g/mol. The Morgan fingerprint density at radius 1 is 1.20 bits per heavy atom. The quantitative estimate of drug-likeness (QED) is 0.273. The predicted molar refractivity (Wildman–Crippen MR) is 144 cm³/mol. The van der Waals surface area contributed by atoms with Gasteiger partial charge >= 0.3 is 11.7 Å². The third kappa shape index (κ3) is 5.54. The monoisotopic (exact) mass is 577 g/mol. The number of nitrogens with one attached hydrogen (secondary N) is 1. The number of fused-ring (bicyclic) bond motifs is 1. The molecule has 1 aromatic heterocycles. The molecule has 3 saturated heterocycles. The normalized spacial score (nSPS) is 32.3. The van der Waals surface area contributed by atoms with E-state index in [2.05, 4.69) is 16.6 Å². The van der Waals surface area contributed by atoms with Crippen molar-refractivity contribution in [2.24, 2.45) is 5.41 Å². The van der Waals surface area contributed by atoms with Crippen LogP contribution in [0.2, 0.25) is 0 Å². The van der Waals surface area contributed by atoms with Crippen molar-refractivity contribution in [2.45, 2.75) is 76.7 Å². The third-order valence-corrected chi connectivity index (χ3v) is 9.41. The van der Waals surface area contributed by atoms with Gasteiger partial charge in [-0.05, 0) is 46.1 Å². The van der Waals surface area contributed by atoms with E-state index < -0.39 is 74.7 Å². The van der Waals surface area contributed by atoms with Crippen LogP contribution >= 0.6 is 8.53 Å². The number of carbonyl (C=O) groups excluding carboxylic acids is 1. The molecule has 40 heavy (non-hydrogen) atoms. The molecule has 3 aliphatic rings. The molecule has 2 N–H and O–H groups in total. The molecule has 0 spiro atoms. The van der Waals surface area contributed by atoms with Gasteiger partial charge in [0.2, 0.25) is 0 Å². The molecule has 1 aromatic carbocycles. The zero-order valence-electron chi connectivity index (χ0n) is 23.0. The molecule has 12 nitrogen and oxygen atoms in total. The molecule has 218 valence electrons. The van der Waals surface area contributed by atoms with Gasteiger partial charge in [-0.3, -0.25) is 19.1 Å². The molecule has 0 bridgehead atoms. The summed E-state index contributed by atoms with van der Waals surface area (Å²) >= 11 is 0. The molecule has 3 aliphatic heterocycles. The van der Waals surface area contributed by atoms with Crippen LogP contribution in [-0.4, -0.2) is 69.6 Å². The number of ether oxygens (including phenoxy) is 3. The summed E-state index contributed by atoms with van der Waals surface area (Å²) in [5, 5.41) is 10.3. The number of hydrogen-bond acceptors (Lipinski definition) is 10. The summed E-state index contributed by atoms with van der Waals surface area (Å²) in [5.74, 6) is -0.470. The van der Waals surface area contributed by atoms with Gasteiger partial charge in [0.15, 0.2) is 13.0 Å². The molecule has 1 unspecified atom stereocenters. The minimum absolute atomic E-state index is 0.0978. The Bertz CT molecular complexity index is 1310. The second kappa shape index (κ2) is 11.4. The van der Waals surface area contributed by atoms with Crippen molar-refractivity contribution in [3.8, 4) is 0 Å². The predicted octanol–water partition coefficient (Wildman–Crippen LogP) is 2.38. The van der Waals surface area contributed by atoms with E-state index in [9.17, 15) is 19.5 Å². The zero-order chi connectivity index (χ0) is 28.7. The molecule has 7 atom stereocenters. The molecule has 0 saturated carbocycles. The minimum atomic E-state index is -1.60. The minimum Gasteiger partial charge on any atom is -0.438 e. The maximum atomic E-state index is 12.7. The van der Waals surface area contributed by atoms with Crippen molar-refractivity contribution < 1.29 is 33.2 Å². The first-order valence-corrected chi connectivity index (χ1v) is 14.5. The van der Waals surface area contributed by atoms with Gasteiger partial charge < -0.3 is 28.4 Å².